The Balaban J connectivity index is 1.54. The number of carbonyl (C=O) groups excluding carboxylic acids is 2. The second-order valence-corrected chi connectivity index (χ2v) is 9.01. The molecule has 2 rings (SSSR count). The van der Waals surface area contributed by atoms with Gasteiger partial charge in [0.15, 0.2) is 0 Å². The highest BCUT2D eigenvalue weighted by molar-refractivity contribution is 5.91. The van der Waals surface area contributed by atoms with Crippen molar-refractivity contribution in [2.24, 2.45) is 0 Å². The second-order valence-electron chi connectivity index (χ2n) is 9.01. The average Bonchev–Trinajstić information content (AvgIpc) is 2.89. The van der Waals surface area contributed by atoms with Crippen LogP contribution >= 0.6 is 0 Å². The Hall–Kier alpha value is -3.63. The predicted octanol–water partition coefficient (Wildman–Crippen LogP) is 6.01. The van der Waals surface area contributed by atoms with E-state index in [-0.39, 0.29) is 12.2 Å². The van der Waals surface area contributed by atoms with Crippen molar-refractivity contribution >= 4 is 11.9 Å². The van der Waals surface area contributed by atoms with Crippen molar-refractivity contribution < 1.29 is 28.5 Å². The van der Waals surface area contributed by atoms with Crippen LogP contribution in [0.1, 0.15) is 58.9 Å². The number of ether oxygens (including phenoxy) is 4. The molecule has 0 saturated carbocycles. The van der Waals surface area contributed by atoms with Gasteiger partial charge in [0, 0.05) is 18.8 Å². The van der Waals surface area contributed by atoms with E-state index in [1.807, 2.05) is 55.5 Å². The largest absolute Gasteiger partial charge is 0.494 e. The van der Waals surface area contributed by atoms with Crippen LogP contribution < -0.4 is 4.74 Å². The van der Waals surface area contributed by atoms with Crippen LogP contribution in [0.4, 0.5) is 0 Å². The van der Waals surface area contributed by atoms with E-state index < -0.39 is 18.0 Å². The van der Waals surface area contributed by atoms with E-state index in [9.17, 15) is 9.59 Å². The van der Waals surface area contributed by atoms with Crippen molar-refractivity contribution in [1.29, 1.82) is 5.26 Å². The maximum absolute atomic E-state index is 11.8. The molecule has 2 atom stereocenters. The molecule has 0 aromatic heterocycles. The van der Waals surface area contributed by atoms with Gasteiger partial charge in [0.05, 0.1) is 30.4 Å². The third kappa shape index (κ3) is 11.8. The van der Waals surface area contributed by atoms with Gasteiger partial charge in [0.2, 0.25) is 0 Å². The summed E-state index contributed by atoms with van der Waals surface area (Å²) in [5.74, 6) is -0.343. The second kappa shape index (κ2) is 16.2. The number of esters is 2. The Morgan fingerprint density at radius 3 is 1.86 bits per heavy atom. The van der Waals surface area contributed by atoms with Gasteiger partial charge >= 0.3 is 11.9 Å². The van der Waals surface area contributed by atoms with Gasteiger partial charge < -0.3 is 18.9 Å². The number of benzene rings is 2. The monoisotopic (exact) mass is 507 g/mol. The zero-order chi connectivity index (χ0) is 27.0. The van der Waals surface area contributed by atoms with Crippen molar-refractivity contribution in [1.82, 2.24) is 0 Å². The number of nitrogens with zero attached hydrogens (tertiary/aromatic N) is 1. The number of hydrogen-bond acceptors (Lipinski definition) is 7. The molecule has 2 aromatic carbocycles. The summed E-state index contributed by atoms with van der Waals surface area (Å²) in [6, 6.07) is 17.6. The number of unbranched alkanes of at least 4 members (excludes halogenated alkanes) is 3. The van der Waals surface area contributed by atoms with E-state index in [1.165, 1.54) is 0 Å². The number of rotatable bonds is 15. The first kappa shape index (κ1) is 29.6. The van der Waals surface area contributed by atoms with Crippen molar-refractivity contribution in [3.8, 4) is 22.9 Å². The summed E-state index contributed by atoms with van der Waals surface area (Å²) >= 11 is 0. The van der Waals surface area contributed by atoms with Gasteiger partial charge in [0.1, 0.15) is 11.9 Å². The molecule has 37 heavy (non-hydrogen) atoms. The van der Waals surface area contributed by atoms with Crippen LogP contribution in [0.3, 0.4) is 0 Å². The summed E-state index contributed by atoms with van der Waals surface area (Å²) in [6.45, 7) is 8.32. The zero-order valence-corrected chi connectivity index (χ0v) is 22.1. The lowest BCUT2D eigenvalue weighted by atomic mass is 10.0. The standard InChI is InChI=1S/C30H37NO6/c1-22(2)36-29(32)17-18-30(33)37-24(4)23(3)34-19-7-5-6-8-20-35-28-15-13-27(14-16-28)26-11-9-25(21-31)10-12-26/h9-18,22-24H,5-8,19-20H2,1-4H3/b18-17+. The van der Waals surface area contributed by atoms with Gasteiger partial charge in [-0.05, 0) is 82.3 Å². The first-order chi connectivity index (χ1) is 17.8. The van der Waals surface area contributed by atoms with E-state index in [2.05, 4.69) is 6.07 Å². The first-order valence-electron chi connectivity index (χ1n) is 12.7. The molecule has 0 aliphatic heterocycles. The predicted molar refractivity (Wildman–Crippen MR) is 142 cm³/mol. The molecule has 7 nitrogen and oxygen atoms in total. The fourth-order valence-corrected chi connectivity index (χ4v) is 3.36. The maximum atomic E-state index is 11.8. The summed E-state index contributed by atoms with van der Waals surface area (Å²) in [4.78, 5) is 23.3. The quantitative estimate of drug-likeness (QED) is 0.165. The summed E-state index contributed by atoms with van der Waals surface area (Å²) in [5, 5.41) is 8.91. The number of hydrogen-bond donors (Lipinski definition) is 0. The molecule has 0 spiro atoms. The molecule has 0 fully saturated rings. The third-order valence-corrected chi connectivity index (χ3v) is 5.56. The van der Waals surface area contributed by atoms with Gasteiger partial charge in [-0.1, -0.05) is 30.7 Å². The van der Waals surface area contributed by atoms with Crippen molar-refractivity contribution in [2.45, 2.75) is 71.7 Å². The SMILES string of the molecule is CC(C)OC(=O)/C=C/C(=O)OC(C)C(C)OCCCCCCOc1ccc(-c2ccc(C#N)cc2)cc1. The number of carbonyl (C=O) groups is 2. The van der Waals surface area contributed by atoms with Crippen molar-refractivity contribution in [3.63, 3.8) is 0 Å². The Morgan fingerprint density at radius 2 is 1.30 bits per heavy atom. The van der Waals surface area contributed by atoms with Gasteiger partial charge in [0.25, 0.3) is 0 Å². The zero-order valence-electron chi connectivity index (χ0n) is 22.1. The van der Waals surface area contributed by atoms with Crippen molar-refractivity contribution in [2.75, 3.05) is 13.2 Å². The van der Waals surface area contributed by atoms with Crippen LogP contribution in [0, 0.1) is 11.3 Å². The van der Waals surface area contributed by atoms with Crippen LogP contribution in [0.2, 0.25) is 0 Å². The van der Waals surface area contributed by atoms with Crippen LogP contribution in [-0.2, 0) is 23.8 Å². The average molecular weight is 508 g/mol. The van der Waals surface area contributed by atoms with Gasteiger partial charge in [-0.3, -0.25) is 0 Å². The highest BCUT2D eigenvalue weighted by Gasteiger charge is 2.16. The van der Waals surface area contributed by atoms with Gasteiger partial charge in [-0.25, -0.2) is 9.59 Å². The molecule has 0 amide bonds. The minimum atomic E-state index is -0.604. The fraction of sp³-hybridized carbons (Fsp3) is 0.433. The first-order valence-corrected chi connectivity index (χ1v) is 12.7. The molecule has 2 aromatic rings. The van der Waals surface area contributed by atoms with Crippen LogP contribution in [0.15, 0.2) is 60.7 Å². The Morgan fingerprint density at radius 1 is 0.757 bits per heavy atom. The topological polar surface area (TPSA) is 94.9 Å². The van der Waals surface area contributed by atoms with E-state index >= 15 is 0 Å². The Bertz CT molecular complexity index is 1040. The lowest BCUT2D eigenvalue weighted by Gasteiger charge is -2.20. The maximum Gasteiger partial charge on any atom is 0.331 e. The summed E-state index contributed by atoms with van der Waals surface area (Å²) in [5.41, 5.74) is 2.80. The molecule has 198 valence electrons. The molecule has 0 saturated heterocycles. The molecule has 0 bridgehead atoms. The van der Waals surface area contributed by atoms with Crippen LogP contribution in [0.25, 0.3) is 11.1 Å². The minimum Gasteiger partial charge on any atom is -0.494 e. The molecule has 7 heteroatoms. The van der Waals surface area contributed by atoms with Gasteiger partial charge in [-0.2, -0.15) is 5.26 Å². The smallest absolute Gasteiger partial charge is 0.331 e. The van der Waals surface area contributed by atoms with Crippen molar-refractivity contribution in [3.05, 3.63) is 66.2 Å². The highest BCUT2D eigenvalue weighted by atomic mass is 16.6. The van der Waals surface area contributed by atoms with E-state index in [1.54, 1.807) is 20.8 Å². The molecule has 2 unspecified atom stereocenters. The summed E-state index contributed by atoms with van der Waals surface area (Å²) in [7, 11) is 0. The van der Waals surface area contributed by atoms with E-state index in [0.29, 0.717) is 18.8 Å². The molecule has 0 aliphatic carbocycles. The summed E-state index contributed by atoms with van der Waals surface area (Å²) in [6.07, 6.45) is 5.11. The lowest BCUT2D eigenvalue weighted by molar-refractivity contribution is -0.150. The fourth-order valence-electron chi connectivity index (χ4n) is 3.36. The molecule has 0 radical (unpaired) electrons. The number of nitriles is 1. The van der Waals surface area contributed by atoms with E-state index in [4.69, 9.17) is 24.2 Å². The highest BCUT2D eigenvalue weighted by Crippen LogP contribution is 2.23. The van der Waals surface area contributed by atoms with Crippen LogP contribution in [-0.4, -0.2) is 43.5 Å². The molecule has 0 heterocycles. The lowest BCUT2D eigenvalue weighted by Crippen LogP contribution is -2.28. The third-order valence-electron chi connectivity index (χ3n) is 5.56. The van der Waals surface area contributed by atoms with Gasteiger partial charge in [-0.15, -0.1) is 0 Å². The Labute approximate surface area is 220 Å². The Kier molecular flexibility index (Phi) is 12.9. The molecular weight excluding hydrogens is 470 g/mol. The molecule has 0 aliphatic rings. The summed E-state index contributed by atoms with van der Waals surface area (Å²) < 4.78 is 21.8. The normalized spacial score (nSPS) is 12.6. The van der Waals surface area contributed by atoms with E-state index in [0.717, 1.165) is 54.7 Å². The molecule has 0 N–H and O–H groups in total. The minimum absolute atomic E-state index is 0.243. The molecular formula is C30H37NO6. The van der Waals surface area contributed by atoms with Crippen LogP contribution in [0.5, 0.6) is 5.75 Å².